The maximum Gasteiger partial charge on any atom is 0.329 e. The molecule has 1 saturated heterocycles. The monoisotopic (exact) mass is 370 g/mol. The van der Waals surface area contributed by atoms with Gasteiger partial charge in [0.15, 0.2) is 0 Å². The van der Waals surface area contributed by atoms with Gasteiger partial charge < -0.3 is 14.8 Å². The third-order valence-corrected chi connectivity index (χ3v) is 4.36. The maximum atomic E-state index is 13.8. The number of halogens is 1. The summed E-state index contributed by atoms with van der Waals surface area (Å²) in [7, 11) is 3.07. The van der Waals surface area contributed by atoms with Gasteiger partial charge >= 0.3 is 6.03 Å². The van der Waals surface area contributed by atoms with Crippen molar-refractivity contribution < 1.29 is 23.5 Å². The van der Waals surface area contributed by atoms with Gasteiger partial charge in [0.25, 0.3) is 5.91 Å². The van der Waals surface area contributed by atoms with Crippen LogP contribution in [-0.4, -0.2) is 31.1 Å². The standard InChI is InChI=1S/C20H19FN2O4/c1-12-17(26-2)9-8-13(18(12)27-3)10-16-19(24)23(20(25)22-16)11-14-6-4-5-7-15(14)21/h4-10H,11H2,1-3H3,(H,22,25). The van der Waals surface area contributed by atoms with E-state index in [0.29, 0.717) is 17.1 Å². The van der Waals surface area contributed by atoms with Gasteiger partial charge in [-0.1, -0.05) is 18.2 Å². The predicted octanol–water partition coefficient (Wildman–Crippen LogP) is 3.24. The van der Waals surface area contributed by atoms with Crippen LogP contribution in [-0.2, 0) is 11.3 Å². The van der Waals surface area contributed by atoms with E-state index in [0.717, 1.165) is 10.5 Å². The largest absolute Gasteiger partial charge is 0.496 e. The normalized spacial score (nSPS) is 15.3. The number of carbonyl (C=O) groups excluding carboxylic acids is 2. The molecule has 1 heterocycles. The number of hydrogen-bond donors (Lipinski definition) is 1. The molecule has 1 N–H and O–H groups in total. The average Bonchev–Trinajstić information content (AvgIpc) is 2.91. The molecule has 3 amide bonds. The number of imide groups is 1. The summed E-state index contributed by atoms with van der Waals surface area (Å²) in [5.74, 6) is 0.190. The zero-order valence-corrected chi connectivity index (χ0v) is 15.2. The quantitative estimate of drug-likeness (QED) is 0.648. The van der Waals surface area contributed by atoms with Crippen molar-refractivity contribution in [1.29, 1.82) is 0 Å². The first-order valence-electron chi connectivity index (χ1n) is 8.25. The van der Waals surface area contributed by atoms with Crippen LogP contribution in [0.1, 0.15) is 16.7 Å². The van der Waals surface area contributed by atoms with Gasteiger partial charge in [-0.2, -0.15) is 0 Å². The van der Waals surface area contributed by atoms with E-state index in [4.69, 9.17) is 9.47 Å². The Morgan fingerprint density at radius 1 is 1.11 bits per heavy atom. The van der Waals surface area contributed by atoms with Crippen LogP contribution < -0.4 is 14.8 Å². The zero-order chi connectivity index (χ0) is 19.6. The van der Waals surface area contributed by atoms with Crippen LogP contribution in [0.5, 0.6) is 11.5 Å². The van der Waals surface area contributed by atoms with E-state index < -0.39 is 17.8 Å². The number of benzene rings is 2. The molecule has 0 aromatic heterocycles. The van der Waals surface area contributed by atoms with Crippen molar-refractivity contribution in [2.45, 2.75) is 13.5 Å². The lowest BCUT2D eigenvalue weighted by atomic mass is 10.1. The molecule has 1 aliphatic heterocycles. The Morgan fingerprint density at radius 2 is 1.85 bits per heavy atom. The summed E-state index contributed by atoms with van der Waals surface area (Å²) < 4.78 is 24.5. The smallest absolute Gasteiger partial charge is 0.329 e. The van der Waals surface area contributed by atoms with E-state index >= 15 is 0 Å². The van der Waals surface area contributed by atoms with Crippen LogP contribution in [0.2, 0.25) is 0 Å². The van der Waals surface area contributed by atoms with Gasteiger partial charge in [-0.25, -0.2) is 9.18 Å². The SMILES string of the molecule is COc1ccc(C=C2NC(=O)N(Cc3ccccc3F)C2=O)c(OC)c1C. The van der Waals surface area contributed by atoms with E-state index in [1.807, 2.05) is 6.92 Å². The number of hydrogen-bond acceptors (Lipinski definition) is 4. The number of nitrogens with zero attached hydrogens (tertiary/aromatic N) is 1. The third-order valence-electron chi connectivity index (χ3n) is 4.36. The Kier molecular flexibility index (Phi) is 5.12. The zero-order valence-electron chi connectivity index (χ0n) is 15.2. The van der Waals surface area contributed by atoms with Crippen molar-refractivity contribution >= 4 is 18.0 Å². The molecule has 3 rings (SSSR count). The number of ether oxygens (including phenoxy) is 2. The summed E-state index contributed by atoms with van der Waals surface area (Å²) in [5, 5.41) is 2.53. The molecule has 2 aromatic carbocycles. The minimum absolute atomic E-state index is 0.0965. The molecule has 1 aliphatic rings. The summed E-state index contributed by atoms with van der Waals surface area (Å²) in [6.07, 6.45) is 1.53. The average molecular weight is 370 g/mol. The number of urea groups is 1. The van der Waals surface area contributed by atoms with Crippen molar-refractivity contribution in [2.24, 2.45) is 0 Å². The van der Waals surface area contributed by atoms with Gasteiger partial charge in [-0.3, -0.25) is 9.69 Å². The third kappa shape index (κ3) is 3.48. The van der Waals surface area contributed by atoms with Crippen molar-refractivity contribution in [1.82, 2.24) is 10.2 Å². The lowest BCUT2D eigenvalue weighted by molar-refractivity contribution is -0.123. The van der Waals surface area contributed by atoms with Crippen molar-refractivity contribution in [3.63, 3.8) is 0 Å². The van der Waals surface area contributed by atoms with Crippen molar-refractivity contribution in [3.8, 4) is 11.5 Å². The first-order chi connectivity index (χ1) is 13.0. The highest BCUT2D eigenvalue weighted by Crippen LogP contribution is 2.33. The van der Waals surface area contributed by atoms with Crippen LogP contribution in [0.25, 0.3) is 6.08 Å². The second-order valence-electron chi connectivity index (χ2n) is 5.99. The first-order valence-corrected chi connectivity index (χ1v) is 8.25. The summed E-state index contributed by atoms with van der Waals surface area (Å²) in [6, 6.07) is 8.91. The van der Waals surface area contributed by atoms with E-state index in [9.17, 15) is 14.0 Å². The molecule has 7 heteroatoms. The Balaban J connectivity index is 1.91. The topological polar surface area (TPSA) is 67.9 Å². The number of nitrogens with one attached hydrogen (secondary N) is 1. The van der Waals surface area contributed by atoms with Crippen LogP contribution in [0, 0.1) is 12.7 Å². The van der Waals surface area contributed by atoms with Gasteiger partial charge in [0.05, 0.1) is 20.8 Å². The van der Waals surface area contributed by atoms with Crippen LogP contribution in [0.4, 0.5) is 9.18 Å². The molecule has 0 atom stereocenters. The van der Waals surface area contributed by atoms with Crippen molar-refractivity contribution in [2.75, 3.05) is 14.2 Å². The van der Waals surface area contributed by atoms with E-state index in [2.05, 4.69) is 5.32 Å². The molecule has 2 aromatic rings. The maximum absolute atomic E-state index is 13.8. The molecule has 0 aliphatic carbocycles. The Morgan fingerprint density at radius 3 is 2.52 bits per heavy atom. The summed E-state index contributed by atoms with van der Waals surface area (Å²) in [6.45, 7) is 1.69. The summed E-state index contributed by atoms with van der Waals surface area (Å²) >= 11 is 0. The highest BCUT2D eigenvalue weighted by atomic mass is 19.1. The highest BCUT2D eigenvalue weighted by Gasteiger charge is 2.34. The van der Waals surface area contributed by atoms with Gasteiger partial charge in [0, 0.05) is 16.7 Å². The molecule has 0 unspecified atom stereocenters. The van der Waals surface area contributed by atoms with Crippen LogP contribution >= 0.6 is 0 Å². The number of methoxy groups -OCH3 is 2. The number of carbonyl (C=O) groups is 2. The van der Waals surface area contributed by atoms with E-state index in [1.165, 1.54) is 25.3 Å². The molecule has 6 nitrogen and oxygen atoms in total. The lowest BCUT2D eigenvalue weighted by Gasteiger charge is -2.13. The fraction of sp³-hybridized carbons (Fsp3) is 0.200. The van der Waals surface area contributed by atoms with Crippen LogP contribution in [0.3, 0.4) is 0 Å². The van der Waals surface area contributed by atoms with E-state index in [1.54, 1.807) is 31.4 Å². The van der Waals surface area contributed by atoms with Gasteiger partial charge in [-0.15, -0.1) is 0 Å². The van der Waals surface area contributed by atoms with Gasteiger partial charge in [0.1, 0.15) is 23.0 Å². The Labute approximate surface area is 156 Å². The first kappa shape index (κ1) is 18.4. The molecule has 0 bridgehead atoms. The number of amides is 3. The van der Waals surface area contributed by atoms with Crippen molar-refractivity contribution in [3.05, 3.63) is 64.6 Å². The van der Waals surface area contributed by atoms with E-state index in [-0.39, 0.29) is 17.8 Å². The Hall–Kier alpha value is -3.35. The van der Waals surface area contributed by atoms with Gasteiger partial charge in [-0.05, 0) is 31.2 Å². The fourth-order valence-corrected chi connectivity index (χ4v) is 2.97. The highest BCUT2D eigenvalue weighted by molar-refractivity contribution is 6.14. The minimum atomic E-state index is -0.598. The lowest BCUT2D eigenvalue weighted by Crippen LogP contribution is -2.30. The molecule has 0 spiro atoms. The molecule has 0 saturated carbocycles. The molecular weight excluding hydrogens is 351 g/mol. The molecule has 0 radical (unpaired) electrons. The van der Waals surface area contributed by atoms with Crippen LogP contribution in [0.15, 0.2) is 42.1 Å². The molecular formula is C20H19FN2O4. The molecule has 1 fully saturated rings. The molecule has 140 valence electrons. The minimum Gasteiger partial charge on any atom is -0.496 e. The fourth-order valence-electron chi connectivity index (χ4n) is 2.97. The summed E-state index contributed by atoms with van der Waals surface area (Å²) in [5.41, 5.74) is 1.75. The number of rotatable bonds is 5. The Bertz CT molecular complexity index is 940. The second-order valence-corrected chi connectivity index (χ2v) is 5.99. The predicted molar refractivity (Wildman–Crippen MR) is 97.7 cm³/mol. The second kappa shape index (κ2) is 7.49. The summed E-state index contributed by atoms with van der Waals surface area (Å²) in [4.78, 5) is 25.8. The molecule has 27 heavy (non-hydrogen) atoms. The van der Waals surface area contributed by atoms with Gasteiger partial charge in [0.2, 0.25) is 0 Å².